The predicted octanol–water partition coefficient (Wildman–Crippen LogP) is 5.74. The van der Waals surface area contributed by atoms with E-state index >= 15 is 0 Å². The third-order valence-electron chi connectivity index (χ3n) is 5.61. The van der Waals surface area contributed by atoms with Crippen LogP contribution in [0, 0.1) is 0 Å². The van der Waals surface area contributed by atoms with E-state index in [1.807, 2.05) is 6.92 Å². The van der Waals surface area contributed by atoms with Crippen molar-refractivity contribution in [3.63, 3.8) is 0 Å². The van der Waals surface area contributed by atoms with Crippen LogP contribution < -0.4 is 18.9 Å². The lowest BCUT2D eigenvalue weighted by Gasteiger charge is -2.16. The first-order chi connectivity index (χ1) is 17.7. The summed E-state index contributed by atoms with van der Waals surface area (Å²) in [5, 5.41) is 0. The Bertz CT molecular complexity index is 1350. The SMILES string of the molecule is C=C(C)C(=O)Oc1cc(OC(=O)C(=C)C)c2c(c1)-c1cc(OC(=O)C(=C)C)cc(OC(=O)C(=C)C)c1C2C. The second-order valence-corrected chi connectivity index (χ2v) is 9.17. The normalized spacial score (nSPS) is 11.5. The number of benzene rings is 2. The van der Waals surface area contributed by atoms with E-state index in [4.69, 9.17) is 18.9 Å². The Morgan fingerprint density at radius 3 is 1.13 bits per heavy atom. The van der Waals surface area contributed by atoms with E-state index in [0.717, 1.165) is 0 Å². The Kier molecular flexibility index (Phi) is 7.86. The molecule has 196 valence electrons. The Hall–Kier alpha value is -4.72. The zero-order valence-electron chi connectivity index (χ0n) is 22.0. The quantitative estimate of drug-likeness (QED) is 0.248. The summed E-state index contributed by atoms with van der Waals surface area (Å²) in [6.45, 7) is 22.3. The topological polar surface area (TPSA) is 105 Å². The molecule has 0 heterocycles. The van der Waals surface area contributed by atoms with Crippen molar-refractivity contribution in [2.45, 2.75) is 40.5 Å². The predicted molar refractivity (Wildman–Crippen MR) is 141 cm³/mol. The molecular formula is C30H28O8. The average Bonchev–Trinajstić information content (AvgIpc) is 3.10. The lowest BCUT2D eigenvalue weighted by molar-refractivity contribution is -0.131. The van der Waals surface area contributed by atoms with Gasteiger partial charge in [0.05, 0.1) is 0 Å². The Morgan fingerprint density at radius 2 is 0.842 bits per heavy atom. The summed E-state index contributed by atoms with van der Waals surface area (Å²) < 4.78 is 22.1. The van der Waals surface area contributed by atoms with E-state index in [1.54, 1.807) is 12.1 Å². The molecule has 38 heavy (non-hydrogen) atoms. The van der Waals surface area contributed by atoms with Gasteiger partial charge >= 0.3 is 23.9 Å². The third kappa shape index (κ3) is 5.64. The number of hydrogen-bond acceptors (Lipinski definition) is 8. The Balaban J connectivity index is 2.29. The van der Waals surface area contributed by atoms with Gasteiger partial charge in [-0.15, -0.1) is 0 Å². The van der Waals surface area contributed by atoms with Crippen molar-refractivity contribution in [3.8, 4) is 34.1 Å². The van der Waals surface area contributed by atoms with Gasteiger partial charge in [0, 0.05) is 51.5 Å². The molecule has 1 aliphatic rings. The van der Waals surface area contributed by atoms with Gasteiger partial charge in [0.1, 0.15) is 23.0 Å². The molecule has 8 heteroatoms. The van der Waals surface area contributed by atoms with Crippen LogP contribution in [0.2, 0.25) is 0 Å². The summed E-state index contributed by atoms with van der Waals surface area (Å²) in [7, 11) is 0. The highest BCUT2D eigenvalue weighted by Gasteiger charge is 2.35. The standard InChI is InChI=1S/C30H28O8/c1-14(2)27(31)35-19-10-21-22-11-20(36-28(32)15(3)4)13-24(38-30(34)17(7)8)26(22)18(9)25(21)23(12-19)37-29(33)16(5)6/h10-13,18H,1,3,5,7H2,2,4,6,8-9H3. The van der Waals surface area contributed by atoms with Crippen molar-refractivity contribution >= 4 is 23.9 Å². The Morgan fingerprint density at radius 1 is 0.553 bits per heavy atom. The van der Waals surface area contributed by atoms with Crippen LogP contribution in [0.25, 0.3) is 11.1 Å². The minimum Gasteiger partial charge on any atom is -0.423 e. The van der Waals surface area contributed by atoms with Crippen LogP contribution in [0.5, 0.6) is 23.0 Å². The maximum Gasteiger partial charge on any atom is 0.338 e. The minimum absolute atomic E-state index is 0.0890. The largest absolute Gasteiger partial charge is 0.423 e. The lowest BCUT2D eigenvalue weighted by Crippen LogP contribution is -2.13. The van der Waals surface area contributed by atoms with Crippen molar-refractivity contribution in [2.24, 2.45) is 0 Å². The van der Waals surface area contributed by atoms with Gasteiger partial charge in [-0.3, -0.25) is 0 Å². The van der Waals surface area contributed by atoms with Gasteiger partial charge in [0.2, 0.25) is 0 Å². The van der Waals surface area contributed by atoms with Crippen molar-refractivity contribution < 1.29 is 38.1 Å². The number of fused-ring (bicyclic) bond motifs is 3. The molecule has 0 bridgehead atoms. The van der Waals surface area contributed by atoms with E-state index < -0.39 is 29.8 Å². The van der Waals surface area contributed by atoms with E-state index in [2.05, 4.69) is 26.3 Å². The molecule has 0 spiro atoms. The highest BCUT2D eigenvalue weighted by atomic mass is 16.6. The summed E-state index contributed by atoms with van der Waals surface area (Å²) >= 11 is 0. The first kappa shape index (κ1) is 27.9. The third-order valence-corrected chi connectivity index (χ3v) is 5.61. The van der Waals surface area contributed by atoms with Crippen LogP contribution >= 0.6 is 0 Å². The van der Waals surface area contributed by atoms with Gasteiger partial charge in [-0.1, -0.05) is 33.2 Å². The first-order valence-corrected chi connectivity index (χ1v) is 11.6. The van der Waals surface area contributed by atoms with E-state index in [1.165, 1.54) is 39.8 Å². The molecule has 0 N–H and O–H groups in total. The summed E-state index contributed by atoms with van der Waals surface area (Å²) in [5.74, 6) is -2.72. The van der Waals surface area contributed by atoms with Crippen molar-refractivity contribution in [3.05, 3.63) is 84.0 Å². The first-order valence-electron chi connectivity index (χ1n) is 11.6. The van der Waals surface area contributed by atoms with E-state index in [0.29, 0.717) is 22.3 Å². The van der Waals surface area contributed by atoms with Gasteiger partial charge in [-0.05, 0) is 51.0 Å². The summed E-state index contributed by atoms with van der Waals surface area (Å²) in [6.07, 6.45) is 0. The molecule has 0 saturated carbocycles. The minimum atomic E-state index is -0.677. The molecule has 0 radical (unpaired) electrons. The zero-order valence-corrected chi connectivity index (χ0v) is 22.0. The molecule has 0 unspecified atom stereocenters. The average molecular weight is 517 g/mol. The maximum atomic E-state index is 12.5. The van der Waals surface area contributed by atoms with Crippen LogP contribution in [0.1, 0.15) is 51.7 Å². The van der Waals surface area contributed by atoms with E-state index in [9.17, 15) is 19.2 Å². The van der Waals surface area contributed by atoms with Crippen molar-refractivity contribution in [1.29, 1.82) is 0 Å². The van der Waals surface area contributed by atoms with Gasteiger partial charge in [0.15, 0.2) is 0 Å². The van der Waals surface area contributed by atoms with Crippen LogP contribution in [-0.2, 0) is 19.2 Å². The van der Waals surface area contributed by atoms with Gasteiger partial charge in [0.25, 0.3) is 0 Å². The fourth-order valence-corrected chi connectivity index (χ4v) is 3.74. The van der Waals surface area contributed by atoms with Crippen LogP contribution in [-0.4, -0.2) is 23.9 Å². The van der Waals surface area contributed by atoms with Crippen molar-refractivity contribution in [2.75, 3.05) is 0 Å². The smallest absolute Gasteiger partial charge is 0.338 e. The fourth-order valence-electron chi connectivity index (χ4n) is 3.74. The molecule has 0 amide bonds. The van der Waals surface area contributed by atoms with Crippen LogP contribution in [0.3, 0.4) is 0 Å². The molecule has 2 aromatic rings. The molecule has 0 atom stereocenters. The maximum absolute atomic E-state index is 12.5. The molecule has 3 rings (SSSR count). The molecular weight excluding hydrogens is 488 g/mol. The van der Waals surface area contributed by atoms with Gasteiger partial charge in [-0.2, -0.15) is 0 Å². The number of carbonyl (C=O) groups excluding carboxylic acids is 4. The summed E-state index contributed by atoms with van der Waals surface area (Å²) in [5.41, 5.74) is 2.84. The molecule has 2 aromatic carbocycles. The molecule has 0 aromatic heterocycles. The molecule has 0 saturated heterocycles. The van der Waals surface area contributed by atoms with Gasteiger partial charge < -0.3 is 18.9 Å². The highest BCUT2D eigenvalue weighted by molar-refractivity contribution is 5.95. The number of carbonyl (C=O) groups is 4. The summed E-state index contributed by atoms with van der Waals surface area (Å²) in [6, 6.07) is 6.02. The number of rotatable bonds is 8. The molecule has 8 nitrogen and oxygen atoms in total. The number of esters is 4. The lowest BCUT2D eigenvalue weighted by atomic mass is 9.97. The summed E-state index contributed by atoms with van der Waals surface area (Å²) in [4.78, 5) is 49.5. The van der Waals surface area contributed by atoms with Crippen LogP contribution in [0.4, 0.5) is 0 Å². The highest BCUT2D eigenvalue weighted by Crippen LogP contribution is 2.54. The number of ether oxygens (including phenoxy) is 4. The second kappa shape index (κ2) is 10.7. The molecule has 0 aliphatic heterocycles. The van der Waals surface area contributed by atoms with E-state index in [-0.39, 0.29) is 45.3 Å². The molecule has 1 aliphatic carbocycles. The monoisotopic (exact) mass is 516 g/mol. The fraction of sp³-hybridized carbons (Fsp3) is 0.200. The Labute approximate surface area is 220 Å². The van der Waals surface area contributed by atoms with Gasteiger partial charge in [-0.25, -0.2) is 19.2 Å². The zero-order chi connectivity index (χ0) is 28.5. The number of hydrogen-bond donors (Lipinski definition) is 0. The van der Waals surface area contributed by atoms with Crippen LogP contribution in [0.15, 0.2) is 72.9 Å². The second-order valence-electron chi connectivity index (χ2n) is 9.17. The molecule has 0 fully saturated rings. The van der Waals surface area contributed by atoms with Crippen molar-refractivity contribution in [1.82, 2.24) is 0 Å².